The first kappa shape index (κ1) is 22.6. The second kappa shape index (κ2) is 7.63. The molecule has 0 aliphatic heterocycles. The van der Waals surface area contributed by atoms with Crippen molar-refractivity contribution in [2.24, 2.45) is 0 Å². The van der Waals surface area contributed by atoms with E-state index >= 15 is 0 Å². The lowest BCUT2D eigenvalue weighted by Crippen LogP contribution is -2.51. The lowest BCUT2D eigenvalue weighted by molar-refractivity contribution is -0.266. The Balaban J connectivity index is 2.52. The van der Waals surface area contributed by atoms with Crippen LogP contribution in [0.3, 0.4) is 0 Å². The van der Waals surface area contributed by atoms with Crippen molar-refractivity contribution in [2.75, 3.05) is 0 Å². The maximum Gasteiger partial charge on any atom is 0.417 e. The number of aryl methyl sites for hydroxylation is 1. The second-order valence-electron chi connectivity index (χ2n) is 7.60. The van der Waals surface area contributed by atoms with Crippen molar-refractivity contribution in [3.63, 3.8) is 0 Å². The zero-order chi connectivity index (χ0) is 21.5. The molecule has 2 N–H and O–H groups in total. The Labute approximate surface area is 168 Å². The van der Waals surface area contributed by atoms with E-state index in [1.807, 2.05) is 0 Å². The number of aromatic hydroxyl groups is 1. The van der Waals surface area contributed by atoms with Crippen molar-refractivity contribution in [3.05, 3.63) is 63.1 Å². The average molecular weight is 467 g/mol. The highest BCUT2D eigenvalue weighted by molar-refractivity contribution is 9.10. The molecule has 2 aromatic rings. The van der Waals surface area contributed by atoms with Crippen molar-refractivity contribution in [1.82, 2.24) is 0 Å². The van der Waals surface area contributed by atoms with E-state index in [9.17, 15) is 32.2 Å². The van der Waals surface area contributed by atoms with Crippen LogP contribution in [-0.4, -0.2) is 22.0 Å². The number of phenolic OH excluding ortho intramolecular Hbond substituents is 1. The molecule has 0 heterocycles. The molecule has 0 radical (unpaired) electrons. The molecule has 2 aromatic carbocycles. The number of hydrogen-bond donors (Lipinski definition) is 2. The molecule has 0 aromatic heterocycles. The third-order valence-electron chi connectivity index (χ3n) is 4.71. The van der Waals surface area contributed by atoms with Crippen molar-refractivity contribution in [3.8, 4) is 5.75 Å². The summed E-state index contributed by atoms with van der Waals surface area (Å²) in [5, 5.41) is 20.5. The zero-order valence-corrected chi connectivity index (χ0v) is 17.0. The van der Waals surface area contributed by atoms with E-state index in [-0.39, 0.29) is 16.7 Å². The van der Waals surface area contributed by atoms with Crippen LogP contribution >= 0.6 is 15.9 Å². The third-order valence-corrected chi connectivity index (χ3v) is 5.17. The Morgan fingerprint density at radius 2 is 1.68 bits per heavy atom. The quantitative estimate of drug-likeness (QED) is 0.534. The van der Waals surface area contributed by atoms with Crippen LogP contribution in [0, 0.1) is 18.6 Å². The van der Waals surface area contributed by atoms with E-state index in [4.69, 9.17) is 0 Å². The maximum atomic E-state index is 14.4. The van der Waals surface area contributed by atoms with Gasteiger partial charge >= 0.3 is 6.18 Å². The minimum atomic E-state index is -5.12. The van der Waals surface area contributed by atoms with Gasteiger partial charge in [-0.05, 0) is 54.2 Å². The van der Waals surface area contributed by atoms with Crippen molar-refractivity contribution >= 4 is 15.9 Å². The van der Waals surface area contributed by atoms with Crippen molar-refractivity contribution < 1.29 is 32.2 Å². The van der Waals surface area contributed by atoms with Crippen LogP contribution in [0.25, 0.3) is 0 Å². The molecule has 154 valence electrons. The SMILES string of the molecule is Cc1cc(Br)cc(CC(O)(CC(C)(C)c2c(O)cccc2F)C(F)(F)F)c1F. The molecule has 0 saturated carbocycles. The maximum absolute atomic E-state index is 14.4. The van der Waals surface area contributed by atoms with Gasteiger partial charge < -0.3 is 10.2 Å². The molecule has 2 rings (SSSR count). The summed E-state index contributed by atoms with van der Waals surface area (Å²) in [6.45, 7) is 3.96. The largest absolute Gasteiger partial charge is 0.508 e. The fraction of sp³-hybridized carbons (Fsp3) is 0.400. The van der Waals surface area contributed by atoms with Gasteiger partial charge in [0.05, 0.1) is 0 Å². The van der Waals surface area contributed by atoms with Gasteiger partial charge in [-0.2, -0.15) is 13.2 Å². The highest BCUT2D eigenvalue weighted by Gasteiger charge is 2.56. The van der Waals surface area contributed by atoms with Crippen LogP contribution in [-0.2, 0) is 11.8 Å². The van der Waals surface area contributed by atoms with Gasteiger partial charge in [0.1, 0.15) is 17.4 Å². The molecule has 0 fully saturated rings. The van der Waals surface area contributed by atoms with Gasteiger partial charge in [-0.15, -0.1) is 0 Å². The number of phenols is 1. The predicted molar refractivity (Wildman–Crippen MR) is 99.3 cm³/mol. The number of rotatable bonds is 5. The molecule has 2 nitrogen and oxygen atoms in total. The molecule has 8 heteroatoms. The number of aliphatic hydroxyl groups is 1. The van der Waals surface area contributed by atoms with E-state index in [1.54, 1.807) is 0 Å². The van der Waals surface area contributed by atoms with Gasteiger partial charge in [0.25, 0.3) is 0 Å². The molecular weight excluding hydrogens is 447 g/mol. The number of benzene rings is 2. The lowest BCUT2D eigenvalue weighted by Gasteiger charge is -2.38. The van der Waals surface area contributed by atoms with E-state index in [1.165, 1.54) is 39.0 Å². The predicted octanol–water partition coefficient (Wildman–Crippen LogP) is 5.95. The second-order valence-corrected chi connectivity index (χ2v) is 8.51. The van der Waals surface area contributed by atoms with E-state index in [0.717, 1.165) is 12.1 Å². The van der Waals surface area contributed by atoms with Gasteiger partial charge in [-0.25, -0.2) is 8.78 Å². The van der Waals surface area contributed by atoms with Gasteiger partial charge in [-0.3, -0.25) is 0 Å². The standard InChI is InChI=1S/C20H20BrF5O2/c1-11-7-13(21)8-12(17(11)23)9-19(28,20(24,25)26)10-18(2,3)16-14(22)5-4-6-15(16)27/h4-8,27-28H,9-10H2,1-3H3. The summed E-state index contributed by atoms with van der Waals surface area (Å²) in [6.07, 6.45) is -7.15. The van der Waals surface area contributed by atoms with Crippen LogP contribution in [0.2, 0.25) is 0 Å². The van der Waals surface area contributed by atoms with Crippen LogP contribution in [0.1, 0.15) is 37.0 Å². The summed E-state index contributed by atoms with van der Waals surface area (Å²) in [5.74, 6) is -2.25. The topological polar surface area (TPSA) is 40.5 Å². The monoisotopic (exact) mass is 466 g/mol. The van der Waals surface area contributed by atoms with Crippen LogP contribution in [0.5, 0.6) is 5.75 Å². The molecule has 0 aliphatic carbocycles. The summed E-state index contributed by atoms with van der Waals surface area (Å²) < 4.78 is 70.5. The molecular formula is C20H20BrF5O2. The normalized spacial score (nSPS) is 14.8. The minimum Gasteiger partial charge on any atom is -0.508 e. The Hall–Kier alpha value is -1.67. The highest BCUT2D eigenvalue weighted by Crippen LogP contribution is 2.45. The summed E-state index contributed by atoms with van der Waals surface area (Å²) in [4.78, 5) is 0. The van der Waals surface area contributed by atoms with Crippen LogP contribution in [0.4, 0.5) is 22.0 Å². The molecule has 0 aliphatic rings. The van der Waals surface area contributed by atoms with Crippen molar-refractivity contribution in [2.45, 2.75) is 50.8 Å². The van der Waals surface area contributed by atoms with Gasteiger partial charge in [0.2, 0.25) is 0 Å². The lowest BCUT2D eigenvalue weighted by atomic mass is 9.72. The molecule has 0 amide bonds. The number of halogens is 6. The van der Waals surface area contributed by atoms with E-state index < -0.39 is 47.4 Å². The van der Waals surface area contributed by atoms with Crippen molar-refractivity contribution in [1.29, 1.82) is 0 Å². The Kier molecular flexibility index (Phi) is 6.16. The first-order valence-electron chi connectivity index (χ1n) is 8.39. The number of alkyl halides is 3. The Bertz CT molecular complexity index is 859. The summed E-state index contributed by atoms with van der Waals surface area (Å²) in [6, 6.07) is 5.98. The van der Waals surface area contributed by atoms with E-state index in [2.05, 4.69) is 15.9 Å². The highest BCUT2D eigenvalue weighted by atomic mass is 79.9. The first-order valence-corrected chi connectivity index (χ1v) is 9.19. The van der Waals surface area contributed by atoms with Crippen LogP contribution in [0.15, 0.2) is 34.8 Å². The molecule has 0 spiro atoms. The number of hydrogen-bond acceptors (Lipinski definition) is 2. The zero-order valence-electron chi connectivity index (χ0n) is 15.5. The molecule has 0 saturated heterocycles. The van der Waals surface area contributed by atoms with Crippen LogP contribution < -0.4 is 0 Å². The first-order chi connectivity index (χ1) is 12.7. The van der Waals surface area contributed by atoms with E-state index in [0.29, 0.717) is 4.47 Å². The van der Waals surface area contributed by atoms with Gasteiger partial charge in [-0.1, -0.05) is 35.8 Å². The molecule has 1 unspecified atom stereocenters. The Morgan fingerprint density at radius 3 is 2.21 bits per heavy atom. The molecule has 28 heavy (non-hydrogen) atoms. The van der Waals surface area contributed by atoms with Gasteiger partial charge in [0.15, 0.2) is 5.60 Å². The third kappa shape index (κ3) is 4.49. The minimum absolute atomic E-state index is 0.125. The fourth-order valence-corrected chi connectivity index (χ4v) is 4.12. The Morgan fingerprint density at radius 1 is 1.07 bits per heavy atom. The molecule has 0 bridgehead atoms. The summed E-state index contributed by atoms with van der Waals surface area (Å²) in [7, 11) is 0. The fourth-order valence-electron chi connectivity index (χ4n) is 3.50. The summed E-state index contributed by atoms with van der Waals surface area (Å²) >= 11 is 3.11. The van der Waals surface area contributed by atoms with Gasteiger partial charge in [0, 0.05) is 16.5 Å². The smallest absolute Gasteiger partial charge is 0.417 e. The summed E-state index contributed by atoms with van der Waals surface area (Å²) in [5.41, 5.74) is -5.49. The molecule has 1 atom stereocenters. The average Bonchev–Trinajstić information content (AvgIpc) is 2.50.